The highest BCUT2D eigenvalue weighted by atomic mass is 35.5. The van der Waals surface area contributed by atoms with Gasteiger partial charge in [-0.05, 0) is 26.0 Å². The summed E-state index contributed by atoms with van der Waals surface area (Å²) in [6, 6.07) is 3.93. The van der Waals surface area contributed by atoms with Crippen molar-refractivity contribution in [3.63, 3.8) is 0 Å². The largest absolute Gasteiger partial charge is 0.352 e. The van der Waals surface area contributed by atoms with Gasteiger partial charge in [-0.15, -0.1) is 0 Å². The molecule has 0 atom stereocenters. The summed E-state index contributed by atoms with van der Waals surface area (Å²) in [5.41, 5.74) is -0.253. The number of benzene rings is 1. The number of halogens is 2. The summed E-state index contributed by atoms with van der Waals surface area (Å²) in [5, 5.41) is 4.92. The summed E-state index contributed by atoms with van der Waals surface area (Å²) in [6.45, 7) is 3.38. The van der Waals surface area contributed by atoms with Gasteiger partial charge in [-0.1, -0.05) is 17.7 Å². The fourth-order valence-electron chi connectivity index (χ4n) is 1.34. The minimum atomic E-state index is -0.718. The molecule has 0 saturated carbocycles. The summed E-state index contributed by atoms with van der Waals surface area (Å²) < 4.78 is 13.4. The Balaban J connectivity index is 2.64. The van der Waals surface area contributed by atoms with Crippen molar-refractivity contribution < 1.29 is 14.0 Å². The predicted molar refractivity (Wildman–Crippen MR) is 67.0 cm³/mol. The predicted octanol–water partition coefficient (Wildman–Crippen LogP) is 1.73. The van der Waals surface area contributed by atoms with E-state index < -0.39 is 11.7 Å². The van der Waals surface area contributed by atoms with Crippen LogP contribution in [-0.4, -0.2) is 24.4 Å². The van der Waals surface area contributed by atoms with Gasteiger partial charge in [-0.3, -0.25) is 9.59 Å². The van der Waals surface area contributed by atoms with Crippen molar-refractivity contribution in [2.45, 2.75) is 19.9 Å². The molecule has 0 aromatic heterocycles. The lowest BCUT2D eigenvalue weighted by Gasteiger charge is -2.10. The van der Waals surface area contributed by atoms with Gasteiger partial charge in [-0.2, -0.15) is 0 Å². The monoisotopic (exact) mass is 272 g/mol. The number of nitrogens with one attached hydrogen (secondary N) is 2. The van der Waals surface area contributed by atoms with E-state index >= 15 is 0 Å². The molecule has 98 valence electrons. The van der Waals surface area contributed by atoms with Crippen LogP contribution in [0.1, 0.15) is 24.2 Å². The molecule has 0 fully saturated rings. The van der Waals surface area contributed by atoms with E-state index in [-0.39, 0.29) is 29.1 Å². The molecule has 18 heavy (non-hydrogen) atoms. The third-order valence-corrected chi connectivity index (χ3v) is 2.36. The molecule has 1 aromatic carbocycles. The molecule has 2 amide bonds. The van der Waals surface area contributed by atoms with Crippen LogP contribution in [0, 0.1) is 5.82 Å². The first-order valence-electron chi connectivity index (χ1n) is 5.43. The first kappa shape index (κ1) is 14.4. The summed E-state index contributed by atoms with van der Waals surface area (Å²) in [6.07, 6.45) is 0. The highest BCUT2D eigenvalue weighted by molar-refractivity contribution is 6.33. The Labute approximate surface area is 110 Å². The smallest absolute Gasteiger partial charge is 0.256 e. The number of rotatable bonds is 4. The van der Waals surface area contributed by atoms with Crippen LogP contribution in [0.15, 0.2) is 18.2 Å². The van der Waals surface area contributed by atoms with Crippen LogP contribution in [0.25, 0.3) is 0 Å². The van der Waals surface area contributed by atoms with Crippen LogP contribution in [0.3, 0.4) is 0 Å². The lowest BCUT2D eigenvalue weighted by atomic mass is 10.2. The van der Waals surface area contributed by atoms with Crippen molar-refractivity contribution in [1.29, 1.82) is 0 Å². The zero-order valence-corrected chi connectivity index (χ0v) is 10.8. The van der Waals surface area contributed by atoms with Crippen LogP contribution in [0.4, 0.5) is 4.39 Å². The van der Waals surface area contributed by atoms with Crippen molar-refractivity contribution in [1.82, 2.24) is 10.6 Å². The third-order valence-electron chi connectivity index (χ3n) is 2.05. The van der Waals surface area contributed by atoms with Gasteiger partial charge in [0.2, 0.25) is 5.91 Å². The molecule has 0 radical (unpaired) electrons. The van der Waals surface area contributed by atoms with Crippen molar-refractivity contribution in [3.8, 4) is 0 Å². The molecule has 0 saturated heterocycles. The molecule has 0 unspecified atom stereocenters. The molecule has 0 aliphatic rings. The molecule has 0 bridgehead atoms. The van der Waals surface area contributed by atoms with Crippen LogP contribution in [0.5, 0.6) is 0 Å². The Kier molecular flexibility index (Phi) is 5.09. The standard InChI is InChI=1S/C12H14ClFN2O2/c1-7(2)16-10(17)6-15-12(18)11-8(13)4-3-5-9(11)14/h3-5,7H,6H2,1-2H3,(H,15,18)(H,16,17). The SMILES string of the molecule is CC(C)NC(=O)CNC(=O)c1c(F)cccc1Cl. The maximum absolute atomic E-state index is 13.4. The van der Waals surface area contributed by atoms with Crippen molar-refractivity contribution in [2.24, 2.45) is 0 Å². The van der Waals surface area contributed by atoms with E-state index in [0.717, 1.165) is 6.07 Å². The van der Waals surface area contributed by atoms with Gasteiger partial charge in [0.25, 0.3) is 5.91 Å². The van der Waals surface area contributed by atoms with Crippen molar-refractivity contribution in [2.75, 3.05) is 6.54 Å². The molecule has 4 nitrogen and oxygen atoms in total. The Hall–Kier alpha value is -1.62. The second-order valence-corrected chi connectivity index (χ2v) is 4.41. The Bertz CT molecular complexity index is 443. The highest BCUT2D eigenvalue weighted by Crippen LogP contribution is 2.18. The molecule has 0 aliphatic carbocycles. The lowest BCUT2D eigenvalue weighted by molar-refractivity contribution is -0.120. The Morgan fingerprint density at radius 3 is 2.61 bits per heavy atom. The quantitative estimate of drug-likeness (QED) is 0.877. The summed E-state index contributed by atoms with van der Waals surface area (Å²) in [4.78, 5) is 23.0. The number of hydrogen-bond donors (Lipinski definition) is 2. The second-order valence-electron chi connectivity index (χ2n) is 4.00. The topological polar surface area (TPSA) is 58.2 Å². The zero-order chi connectivity index (χ0) is 13.7. The second kappa shape index (κ2) is 6.35. The molecule has 2 N–H and O–H groups in total. The zero-order valence-electron chi connectivity index (χ0n) is 10.1. The van der Waals surface area contributed by atoms with E-state index in [4.69, 9.17) is 11.6 Å². The maximum Gasteiger partial charge on any atom is 0.256 e. The van der Waals surface area contributed by atoms with Gasteiger partial charge in [0.1, 0.15) is 5.82 Å². The molecular weight excluding hydrogens is 259 g/mol. The van der Waals surface area contributed by atoms with Gasteiger partial charge in [0.15, 0.2) is 0 Å². The average Bonchev–Trinajstić information content (AvgIpc) is 2.25. The van der Waals surface area contributed by atoms with Gasteiger partial charge in [0, 0.05) is 6.04 Å². The third kappa shape index (κ3) is 4.00. The van der Waals surface area contributed by atoms with Crippen LogP contribution in [0.2, 0.25) is 5.02 Å². The summed E-state index contributed by atoms with van der Waals surface area (Å²) in [5.74, 6) is -1.77. The summed E-state index contributed by atoms with van der Waals surface area (Å²) in [7, 11) is 0. The summed E-state index contributed by atoms with van der Waals surface area (Å²) >= 11 is 5.72. The van der Waals surface area contributed by atoms with E-state index in [1.807, 2.05) is 0 Å². The molecule has 6 heteroatoms. The van der Waals surface area contributed by atoms with E-state index in [1.54, 1.807) is 13.8 Å². The average molecular weight is 273 g/mol. The number of carbonyl (C=O) groups excluding carboxylic acids is 2. The number of carbonyl (C=O) groups is 2. The van der Waals surface area contributed by atoms with E-state index in [9.17, 15) is 14.0 Å². The molecule has 0 spiro atoms. The highest BCUT2D eigenvalue weighted by Gasteiger charge is 2.16. The van der Waals surface area contributed by atoms with Gasteiger partial charge >= 0.3 is 0 Å². The van der Waals surface area contributed by atoms with Gasteiger partial charge in [0.05, 0.1) is 17.1 Å². The van der Waals surface area contributed by atoms with Gasteiger partial charge in [-0.25, -0.2) is 4.39 Å². The molecule has 1 aromatic rings. The number of amides is 2. The van der Waals surface area contributed by atoms with Crippen molar-refractivity contribution >= 4 is 23.4 Å². The van der Waals surface area contributed by atoms with Crippen LogP contribution < -0.4 is 10.6 Å². The number of hydrogen-bond acceptors (Lipinski definition) is 2. The fourth-order valence-corrected chi connectivity index (χ4v) is 1.59. The molecule has 1 rings (SSSR count). The van der Waals surface area contributed by atoms with Crippen molar-refractivity contribution in [3.05, 3.63) is 34.6 Å². The first-order valence-corrected chi connectivity index (χ1v) is 5.81. The van der Waals surface area contributed by atoms with E-state index in [1.165, 1.54) is 12.1 Å². The normalized spacial score (nSPS) is 10.3. The van der Waals surface area contributed by atoms with E-state index in [0.29, 0.717) is 0 Å². The maximum atomic E-state index is 13.4. The van der Waals surface area contributed by atoms with Gasteiger partial charge < -0.3 is 10.6 Å². The fraction of sp³-hybridized carbons (Fsp3) is 0.333. The van der Waals surface area contributed by atoms with Crippen LogP contribution >= 0.6 is 11.6 Å². The van der Waals surface area contributed by atoms with Crippen LogP contribution in [-0.2, 0) is 4.79 Å². The first-order chi connectivity index (χ1) is 8.41. The molecule has 0 heterocycles. The molecular formula is C12H14ClFN2O2. The Morgan fingerprint density at radius 2 is 2.06 bits per heavy atom. The molecule has 0 aliphatic heterocycles. The Morgan fingerprint density at radius 1 is 1.39 bits per heavy atom. The van der Waals surface area contributed by atoms with E-state index in [2.05, 4.69) is 10.6 Å². The minimum absolute atomic E-state index is 0.0109. The minimum Gasteiger partial charge on any atom is -0.352 e. The lowest BCUT2D eigenvalue weighted by Crippen LogP contribution is -2.40.